The second-order valence-electron chi connectivity index (χ2n) is 7.41. The zero-order chi connectivity index (χ0) is 19.7. The van der Waals surface area contributed by atoms with Gasteiger partial charge in [-0.3, -0.25) is 0 Å². The predicted octanol–water partition coefficient (Wildman–Crippen LogP) is 4.43. The molecule has 1 amide bonds. The third-order valence-electron chi connectivity index (χ3n) is 5.73. The van der Waals surface area contributed by atoms with Gasteiger partial charge in [0.05, 0.1) is 0 Å². The molecule has 5 heteroatoms. The topological polar surface area (TPSA) is 66.8 Å². The van der Waals surface area contributed by atoms with Crippen molar-refractivity contribution in [3.05, 3.63) is 71.8 Å². The Bertz CT molecular complexity index is 890. The molecule has 1 N–H and O–H groups in total. The van der Waals surface area contributed by atoms with E-state index in [1.165, 1.54) is 22.3 Å². The Labute approximate surface area is 164 Å². The first kappa shape index (κ1) is 18.3. The molecular weight excluding hydrogens is 354 g/mol. The van der Waals surface area contributed by atoms with Crippen LogP contribution in [0.3, 0.4) is 0 Å². The summed E-state index contributed by atoms with van der Waals surface area (Å²) in [6.07, 6.45) is 1.53. The zero-order valence-corrected chi connectivity index (χ0v) is 15.6. The summed E-state index contributed by atoms with van der Waals surface area (Å²) in [5.41, 5.74) is 4.86. The van der Waals surface area contributed by atoms with Crippen molar-refractivity contribution in [2.45, 2.75) is 31.2 Å². The van der Waals surface area contributed by atoms with Crippen molar-refractivity contribution in [1.82, 2.24) is 4.90 Å². The minimum absolute atomic E-state index is 0.0198. The van der Waals surface area contributed by atoms with Crippen molar-refractivity contribution in [3.63, 3.8) is 0 Å². The first-order valence-corrected chi connectivity index (χ1v) is 9.59. The molecule has 0 radical (unpaired) electrons. The van der Waals surface area contributed by atoms with E-state index in [9.17, 15) is 9.59 Å². The van der Waals surface area contributed by atoms with Crippen molar-refractivity contribution in [1.29, 1.82) is 0 Å². The molecular formula is C23H23NO4. The van der Waals surface area contributed by atoms with Gasteiger partial charge in [-0.2, -0.15) is 0 Å². The number of hydrogen-bond donors (Lipinski definition) is 1. The van der Waals surface area contributed by atoms with Gasteiger partial charge in [0, 0.05) is 24.1 Å². The first-order valence-electron chi connectivity index (χ1n) is 9.59. The molecule has 4 rings (SSSR count). The van der Waals surface area contributed by atoms with Gasteiger partial charge in [-0.15, -0.1) is 0 Å². The van der Waals surface area contributed by atoms with E-state index >= 15 is 0 Å². The number of aliphatic carboxylic acids is 1. The average molecular weight is 377 g/mol. The van der Waals surface area contributed by atoms with Crippen molar-refractivity contribution in [2.75, 3.05) is 13.2 Å². The molecule has 1 aliphatic heterocycles. The van der Waals surface area contributed by atoms with Gasteiger partial charge in [-0.05, 0) is 41.5 Å². The van der Waals surface area contributed by atoms with Crippen LogP contribution in [-0.2, 0) is 9.53 Å². The molecule has 2 aromatic carbocycles. The Kier molecular flexibility index (Phi) is 4.90. The number of benzene rings is 2. The quantitative estimate of drug-likeness (QED) is 0.783. The molecule has 1 aliphatic carbocycles. The molecule has 1 heterocycles. The van der Waals surface area contributed by atoms with Crippen LogP contribution in [0.4, 0.5) is 4.79 Å². The number of carboxylic acid groups (broad SMARTS) is 1. The minimum Gasteiger partial charge on any atom is -0.478 e. The largest absolute Gasteiger partial charge is 0.478 e. The number of ether oxygens (including phenoxy) is 1. The van der Waals surface area contributed by atoms with Crippen LogP contribution in [0.5, 0.6) is 0 Å². The number of carbonyl (C=O) groups excluding carboxylic acids is 1. The Morgan fingerprint density at radius 2 is 1.68 bits per heavy atom. The van der Waals surface area contributed by atoms with Gasteiger partial charge in [0.1, 0.15) is 6.61 Å². The van der Waals surface area contributed by atoms with Crippen LogP contribution >= 0.6 is 0 Å². The van der Waals surface area contributed by atoms with Gasteiger partial charge in [-0.1, -0.05) is 55.1 Å². The van der Waals surface area contributed by atoms with Crippen molar-refractivity contribution >= 4 is 12.1 Å². The van der Waals surface area contributed by atoms with E-state index in [1.54, 1.807) is 4.90 Å². The van der Waals surface area contributed by atoms with E-state index in [4.69, 9.17) is 9.84 Å². The summed E-state index contributed by atoms with van der Waals surface area (Å²) in [5.74, 6) is -0.995. The van der Waals surface area contributed by atoms with E-state index in [0.717, 1.165) is 12.8 Å². The van der Waals surface area contributed by atoms with Gasteiger partial charge < -0.3 is 14.7 Å². The van der Waals surface area contributed by atoms with Crippen LogP contribution in [0.1, 0.15) is 36.3 Å². The Hall–Kier alpha value is -3.08. The molecule has 2 aromatic rings. The molecule has 0 spiro atoms. The Morgan fingerprint density at radius 1 is 1.07 bits per heavy atom. The summed E-state index contributed by atoms with van der Waals surface area (Å²) >= 11 is 0. The SMILES string of the molecule is C=C(C[C@@H]1CCCN1C(=O)OCC1c2ccccc2-c2ccccc21)C(=O)O. The Balaban J connectivity index is 1.46. The summed E-state index contributed by atoms with van der Waals surface area (Å²) in [7, 11) is 0. The highest BCUT2D eigenvalue weighted by Crippen LogP contribution is 2.44. The molecule has 1 fully saturated rings. The lowest BCUT2D eigenvalue weighted by Crippen LogP contribution is -2.37. The third kappa shape index (κ3) is 3.28. The number of carbonyl (C=O) groups is 2. The highest BCUT2D eigenvalue weighted by molar-refractivity contribution is 5.86. The highest BCUT2D eigenvalue weighted by atomic mass is 16.6. The lowest BCUT2D eigenvalue weighted by Gasteiger charge is -2.25. The lowest BCUT2D eigenvalue weighted by molar-refractivity contribution is -0.132. The van der Waals surface area contributed by atoms with Crippen molar-refractivity contribution < 1.29 is 19.4 Å². The lowest BCUT2D eigenvalue weighted by atomic mass is 9.98. The van der Waals surface area contributed by atoms with E-state index in [-0.39, 0.29) is 36.7 Å². The van der Waals surface area contributed by atoms with Gasteiger partial charge in [0.15, 0.2) is 0 Å². The zero-order valence-electron chi connectivity index (χ0n) is 15.6. The van der Waals surface area contributed by atoms with Crippen LogP contribution in [-0.4, -0.2) is 41.3 Å². The standard InChI is InChI=1S/C23H23NO4/c1-15(22(25)26)13-16-7-6-12-24(16)23(27)28-14-21-19-10-4-2-8-17(19)18-9-3-5-11-20(18)21/h2-5,8-11,16,21H,1,6-7,12-14H2,(H,25,26)/t16-/m0/s1. The molecule has 0 saturated carbocycles. The molecule has 0 unspecified atom stereocenters. The third-order valence-corrected chi connectivity index (χ3v) is 5.73. The fourth-order valence-corrected chi connectivity index (χ4v) is 4.34. The van der Waals surface area contributed by atoms with Crippen LogP contribution < -0.4 is 0 Å². The maximum atomic E-state index is 12.7. The van der Waals surface area contributed by atoms with E-state index in [2.05, 4.69) is 30.8 Å². The van der Waals surface area contributed by atoms with E-state index in [0.29, 0.717) is 6.54 Å². The van der Waals surface area contributed by atoms with E-state index in [1.807, 2.05) is 24.3 Å². The molecule has 1 atom stereocenters. The van der Waals surface area contributed by atoms with Gasteiger partial charge in [-0.25, -0.2) is 9.59 Å². The maximum Gasteiger partial charge on any atom is 0.410 e. The normalized spacial score (nSPS) is 17.9. The summed E-state index contributed by atoms with van der Waals surface area (Å²) in [6.45, 7) is 4.46. The van der Waals surface area contributed by atoms with Gasteiger partial charge in [0.25, 0.3) is 0 Å². The minimum atomic E-state index is -1.01. The number of carboxylic acids is 1. The summed E-state index contributed by atoms with van der Waals surface area (Å²) in [6, 6.07) is 16.3. The summed E-state index contributed by atoms with van der Waals surface area (Å²) in [4.78, 5) is 25.4. The number of amides is 1. The molecule has 5 nitrogen and oxygen atoms in total. The second-order valence-corrected chi connectivity index (χ2v) is 7.41. The summed E-state index contributed by atoms with van der Waals surface area (Å²) < 4.78 is 5.71. The molecule has 28 heavy (non-hydrogen) atoms. The molecule has 144 valence electrons. The maximum absolute atomic E-state index is 12.7. The van der Waals surface area contributed by atoms with Crippen LogP contribution in [0.2, 0.25) is 0 Å². The molecule has 2 aliphatic rings. The fourth-order valence-electron chi connectivity index (χ4n) is 4.34. The molecule has 0 aromatic heterocycles. The van der Waals surface area contributed by atoms with Crippen LogP contribution in [0, 0.1) is 0 Å². The van der Waals surface area contributed by atoms with Gasteiger partial charge in [0.2, 0.25) is 0 Å². The molecule has 0 bridgehead atoms. The predicted molar refractivity (Wildman–Crippen MR) is 106 cm³/mol. The van der Waals surface area contributed by atoms with E-state index < -0.39 is 5.97 Å². The number of hydrogen-bond acceptors (Lipinski definition) is 3. The second kappa shape index (κ2) is 7.50. The van der Waals surface area contributed by atoms with Crippen LogP contribution in [0.15, 0.2) is 60.7 Å². The smallest absolute Gasteiger partial charge is 0.410 e. The van der Waals surface area contributed by atoms with Crippen LogP contribution in [0.25, 0.3) is 11.1 Å². The number of fused-ring (bicyclic) bond motifs is 3. The Morgan fingerprint density at radius 3 is 2.29 bits per heavy atom. The van der Waals surface area contributed by atoms with Crippen molar-refractivity contribution in [3.8, 4) is 11.1 Å². The van der Waals surface area contributed by atoms with Crippen molar-refractivity contribution in [2.24, 2.45) is 0 Å². The summed E-state index contributed by atoms with van der Waals surface area (Å²) in [5, 5.41) is 9.07. The number of rotatable bonds is 5. The van der Waals surface area contributed by atoms with Gasteiger partial charge >= 0.3 is 12.1 Å². The highest BCUT2D eigenvalue weighted by Gasteiger charge is 2.33. The number of likely N-dealkylation sites (tertiary alicyclic amines) is 1. The fraction of sp³-hybridized carbons (Fsp3) is 0.304. The molecule has 1 saturated heterocycles. The monoisotopic (exact) mass is 377 g/mol. The average Bonchev–Trinajstić information content (AvgIpc) is 3.29. The first-order chi connectivity index (χ1) is 13.6. The number of nitrogens with zero attached hydrogens (tertiary/aromatic N) is 1.